The number of amidine groups is 1. The average molecular weight is 440 g/mol. The first-order valence-electron chi connectivity index (χ1n) is 10.8. The Morgan fingerprint density at radius 3 is 2.68 bits per heavy atom. The smallest absolute Gasteiger partial charge is 0.338 e. The van der Waals surface area contributed by atoms with Crippen LogP contribution in [0.3, 0.4) is 0 Å². The molecule has 164 valence electrons. The van der Waals surface area contributed by atoms with E-state index < -0.39 is 0 Å². The van der Waals surface area contributed by atoms with Crippen LogP contribution in [0.2, 0.25) is 0 Å². The van der Waals surface area contributed by atoms with Crippen LogP contribution in [0, 0.1) is 12.8 Å². The largest absolute Gasteiger partial charge is 0.459 e. The lowest BCUT2D eigenvalue weighted by Crippen LogP contribution is -2.38. The number of carbonyl (C=O) groups excluding carboxylic acids is 2. The Hall–Kier alpha value is -2.54. The number of hydrogen-bond donors (Lipinski definition) is 1. The molecule has 0 radical (unpaired) electrons. The van der Waals surface area contributed by atoms with E-state index in [0.717, 1.165) is 28.5 Å². The Morgan fingerprint density at radius 1 is 1.26 bits per heavy atom. The maximum atomic E-state index is 13.1. The lowest BCUT2D eigenvalue weighted by Gasteiger charge is -2.37. The van der Waals surface area contributed by atoms with Crippen LogP contribution in [0.4, 0.5) is 0 Å². The van der Waals surface area contributed by atoms with Gasteiger partial charge in [0.25, 0.3) is 0 Å². The van der Waals surface area contributed by atoms with E-state index in [9.17, 15) is 9.59 Å². The van der Waals surface area contributed by atoms with E-state index in [1.54, 1.807) is 0 Å². The van der Waals surface area contributed by atoms with Crippen LogP contribution in [0.1, 0.15) is 57.2 Å². The topological polar surface area (TPSA) is 71.0 Å². The summed E-state index contributed by atoms with van der Waals surface area (Å²) in [5.41, 5.74) is 4.12. The molecular formula is C24H29N3O3S. The predicted molar refractivity (Wildman–Crippen MR) is 123 cm³/mol. The van der Waals surface area contributed by atoms with E-state index >= 15 is 0 Å². The molecule has 4 rings (SSSR count). The summed E-state index contributed by atoms with van der Waals surface area (Å²) in [4.78, 5) is 32.5. The number of rotatable bonds is 7. The zero-order chi connectivity index (χ0) is 22.1. The summed E-state index contributed by atoms with van der Waals surface area (Å²) in [6.07, 6.45) is 2.42. The van der Waals surface area contributed by atoms with Crippen molar-refractivity contribution in [3.8, 4) is 0 Å². The van der Waals surface area contributed by atoms with Crippen molar-refractivity contribution in [2.24, 2.45) is 10.9 Å². The molecular weight excluding hydrogens is 410 g/mol. The quantitative estimate of drug-likeness (QED) is 0.636. The van der Waals surface area contributed by atoms with Gasteiger partial charge >= 0.3 is 5.97 Å². The van der Waals surface area contributed by atoms with Gasteiger partial charge in [-0.15, -0.1) is 0 Å². The molecule has 1 N–H and O–H groups in total. The first-order chi connectivity index (χ1) is 14.8. The number of esters is 1. The van der Waals surface area contributed by atoms with E-state index in [1.807, 2.05) is 62.3 Å². The Labute approximate surface area is 187 Å². The van der Waals surface area contributed by atoms with Gasteiger partial charge in [-0.2, -0.15) is 0 Å². The fourth-order valence-electron chi connectivity index (χ4n) is 3.90. The van der Waals surface area contributed by atoms with Gasteiger partial charge < -0.3 is 15.0 Å². The summed E-state index contributed by atoms with van der Waals surface area (Å²) < 4.78 is 5.59. The number of aryl methyl sites for hydroxylation is 1. The number of fused-ring (bicyclic) bond motifs is 1. The van der Waals surface area contributed by atoms with Crippen molar-refractivity contribution in [3.63, 3.8) is 0 Å². The monoisotopic (exact) mass is 439 g/mol. The van der Waals surface area contributed by atoms with E-state index in [-0.39, 0.29) is 30.4 Å². The van der Waals surface area contributed by atoms with E-state index in [1.165, 1.54) is 24.6 Å². The summed E-state index contributed by atoms with van der Waals surface area (Å²) in [5.74, 6) is 0.268. The highest BCUT2D eigenvalue weighted by molar-refractivity contribution is 8.16. The molecule has 1 fully saturated rings. The van der Waals surface area contributed by atoms with Crippen LogP contribution in [0.5, 0.6) is 0 Å². The Morgan fingerprint density at radius 2 is 2.00 bits per heavy atom. The lowest BCUT2D eigenvalue weighted by atomic mass is 9.91. The average Bonchev–Trinajstić information content (AvgIpc) is 3.46. The van der Waals surface area contributed by atoms with Gasteiger partial charge in [0.05, 0.1) is 29.8 Å². The van der Waals surface area contributed by atoms with Crippen molar-refractivity contribution < 1.29 is 14.3 Å². The van der Waals surface area contributed by atoms with Crippen molar-refractivity contribution >= 4 is 28.8 Å². The van der Waals surface area contributed by atoms with Crippen molar-refractivity contribution in [1.29, 1.82) is 0 Å². The number of allylic oxidation sites excluding steroid dienone is 1. The van der Waals surface area contributed by atoms with Crippen LogP contribution < -0.4 is 5.32 Å². The molecule has 1 aromatic rings. The number of nitrogens with zero attached hydrogens (tertiary/aromatic N) is 2. The minimum absolute atomic E-state index is 0.00103. The third-order valence-corrected chi connectivity index (χ3v) is 6.56. The second-order valence-electron chi connectivity index (χ2n) is 8.63. The van der Waals surface area contributed by atoms with Gasteiger partial charge in [-0.3, -0.25) is 4.79 Å². The van der Waals surface area contributed by atoms with Crippen LogP contribution in [-0.4, -0.2) is 34.6 Å². The second kappa shape index (κ2) is 8.91. The highest BCUT2D eigenvalue weighted by Crippen LogP contribution is 2.45. The van der Waals surface area contributed by atoms with Gasteiger partial charge in [-0.05, 0) is 63.0 Å². The van der Waals surface area contributed by atoms with E-state index in [2.05, 4.69) is 5.32 Å². The van der Waals surface area contributed by atoms with Crippen LogP contribution in [0.15, 0.2) is 51.6 Å². The fourth-order valence-corrected chi connectivity index (χ4v) is 4.87. The predicted octanol–water partition coefficient (Wildman–Crippen LogP) is 4.44. The highest BCUT2D eigenvalue weighted by atomic mass is 32.2. The summed E-state index contributed by atoms with van der Waals surface area (Å²) in [6.45, 7) is 8.32. The van der Waals surface area contributed by atoms with Gasteiger partial charge in [0.1, 0.15) is 0 Å². The zero-order valence-electron chi connectivity index (χ0n) is 18.5. The van der Waals surface area contributed by atoms with Gasteiger partial charge in [0.2, 0.25) is 5.91 Å². The molecule has 2 heterocycles. The minimum Gasteiger partial charge on any atom is -0.459 e. The molecule has 2 aliphatic heterocycles. The van der Waals surface area contributed by atoms with Gasteiger partial charge in [-0.1, -0.05) is 36.0 Å². The third-order valence-electron chi connectivity index (χ3n) is 5.67. The SMILES string of the molecule is CC1=C(C(=O)OC(C)C)[C@H](c2ccccc2C)N2C(CC(=O)NCC3CC3)=CSC2=N1. The molecule has 1 aliphatic carbocycles. The number of ether oxygens (including phenoxy) is 1. The second-order valence-corrected chi connectivity index (χ2v) is 9.46. The van der Waals surface area contributed by atoms with E-state index in [0.29, 0.717) is 17.2 Å². The van der Waals surface area contributed by atoms with E-state index in [4.69, 9.17) is 9.73 Å². The molecule has 0 bridgehead atoms. The molecule has 0 aromatic heterocycles. The lowest BCUT2D eigenvalue weighted by molar-refractivity contribution is -0.143. The molecule has 0 spiro atoms. The maximum absolute atomic E-state index is 13.1. The number of aliphatic imine (C=N–C) groups is 1. The number of benzene rings is 1. The van der Waals surface area contributed by atoms with Crippen LogP contribution >= 0.6 is 11.8 Å². The van der Waals surface area contributed by atoms with Crippen molar-refractivity contribution in [3.05, 3.63) is 57.8 Å². The number of nitrogens with one attached hydrogen (secondary N) is 1. The molecule has 1 amide bonds. The Balaban J connectivity index is 1.68. The number of carbonyl (C=O) groups is 2. The van der Waals surface area contributed by atoms with Crippen LogP contribution in [0.25, 0.3) is 0 Å². The van der Waals surface area contributed by atoms with Gasteiger partial charge in [0, 0.05) is 12.2 Å². The summed E-state index contributed by atoms with van der Waals surface area (Å²) in [5, 5.41) is 5.81. The summed E-state index contributed by atoms with van der Waals surface area (Å²) in [7, 11) is 0. The number of hydrogen-bond acceptors (Lipinski definition) is 6. The molecule has 1 atom stereocenters. The first-order valence-corrected chi connectivity index (χ1v) is 11.7. The normalized spacial score (nSPS) is 20.4. The Bertz CT molecular complexity index is 992. The number of amides is 1. The highest BCUT2D eigenvalue weighted by Gasteiger charge is 2.41. The Kier molecular flexibility index (Phi) is 6.23. The zero-order valence-corrected chi connectivity index (χ0v) is 19.3. The summed E-state index contributed by atoms with van der Waals surface area (Å²) in [6, 6.07) is 7.66. The van der Waals surface area contributed by atoms with Crippen LogP contribution in [-0.2, 0) is 14.3 Å². The van der Waals surface area contributed by atoms with Crippen molar-refractivity contribution in [2.45, 2.75) is 59.1 Å². The first kappa shape index (κ1) is 21.7. The molecule has 0 unspecified atom stereocenters. The molecule has 3 aliphatic rings. The molecule has 0 saturated heterocycles. The van der Waals surface area contributed by atoms with Gasteiger partial charge in [-0.25, -0.2) is 9.79 Å². The summed E-state index contributed by atoms with van der Waals surface area (Å²) >= 11 is 1.50. The molecule has 1 saturated carbocycles. The molecule has 1 aromatic carbocycles. The minimum atomic E-state index is -0.377. The molecule has 7 heteroatoms. The number of thioether (sulfide) groups is 1. The maximum Gasteiger partial charge on any atom is 0.338 e. The molecule has 6 nitrogen and oxygen atoms in total. The standard InChI is InChI=1S/C24H29N3O3S/c1-14(2)30-23(29)21-16(4)26-24-27(22(21)19-8-6-5-7-15(19)3)18(13-31-24)11-20(28)25-12-17-9-10-17/h5-8,13-14,17,22H,9-12H2,1-4H3,(H,25,28)/t22-/m0/s1. The fraction of sp³-hybridized carbons (Fsp3) is 0.458. The van der Waals surface area contributed by atoms with Gasteiger partial charge in [0.15, 0.2) is 5.17 Å². The van der Waals surface area contributed by atoms with Crippen molar-refractivity contribution in [2.75, 3.05) is 6.54 Å². The molecule has 31 heavy (non-hydrogen) atoms. The van der Waals surface area contributed by atoms with Crippen molar-refractivity contribution in [1.82, 2.24) is 10.2 Å². The third kappa shape index (κ3) is 4.71.